The lowest BCUT2D eigenvalue weighted by Crippen LogP contribution is -2.12. The van der Waals surface area contributed by atoms with E-state index in [1.54, 1.807) is 0 Å². The van der Waals surface area contributed by atoms with Crippen LogP contribution in [0.5, 0.6) is 5.75 Å². The molecule has 0 radical (unpaired) electrons. The van der Waals surface area contributed by atoms with Crippen LogP contribution in [0.4, 0.5) is 5.82 Å². The van der Waals surface area contributed by atoms with E-state index >= 15 is 0 Å². The Labute approximate surface area is 128 Å². The molecule has 0 spiro atoms. The van der Waals surface area contributed by atoms with Gasteiger partial charge < -0.3 is 15.2 Å². The van der Waals surface area contributed by atoms with E-state index in [-0.39, 0.29) is 32.9 Å². The smallest absolute Gasteiger partial charge is 0.353 e. The molecular formula is C12H9Cl2N3O4. The maximum absolute atomic E-state index is 12.0. The fourth-order valence-corrected chi connectivity index (χ4v) is 2.21. The quantitative estimate of drug-likeness (QED) is 0.799. The number of anilines is 1. The molecular weight excluding hydrogens is 321 g/mol. The van der Waals surface area contributed by atoms with Gasteiger partial charge in [-0.2, -0.15) is 5.10 Å². The van der Waals surface area contributed by atoms with Crippen LogP contribution in [0.3, 0.4) is 0 Å². The first-order valence-electron chi connectivity index (χ1n) is 5.55. The number of aromatic nitrogens is 2. The summed E-state index contributed by atoms with van der Waals surface area (Å²) in [6, 6.07) is 3.95. The van der Waals surface area contributed by atoms with Crippen LogP contribution in [0, 0.1) is 0 Å². The number of ether oxygens (including phenoxy) is 1. The molecule has 2 rings (SSSR count). The van der Waals surface area contributed by atoms with Crippen molar-refractivity contribution < 1.29 is 19.4 Å². The second-order valence-electron chi connectivity index (χ2n) is 3.90. The van der Waals surface area contributed by atoms with Crippen LogP contribution in [-0.2, 0) is 0 Å². The van der Waals surface area contributed by atoms with Crippen molar-refractivity contribution in [3.63, 3.8) is 0 Å². The Morgan fingerprint density at radius 1 is 1.29 bits per heavy atom. The van der Waals surface area contributed by atoms with Crippen LogP contribution in [0.2, 0.25) is 10.0 Å². The molecule has 0 aliphatic rings. The van der Waals surface area contributed by atoms with E-state index in [1.807, 2.05) is 0 Å². The summed E-state index contributed by atoms with van der Waals surface area (Å²) in [5, 5.41) is 17.5. The fourth-order valence-electron chi connectivity index (χ4n) is 1.57. The summed E-state index contributed by atoms with van der Waals surface area (Å²) in [5.74, 6) is -1.38. The molecule has 1 aromatic heterocycles. The summed E-state index contributed by atoms with van der Waals surface area (Å²) in [5.41, 5.74) is 0.0433. The number of carbonyl (C=O) groups excluding carboxylic acids is 1. The lowest BCUT2D eigenvalue weighted by Gasteiger charge is -2.08. The molecule has 1 heterocycles. The van der Waals surface area contributed by atoms with E-state index < -0.39 is 11.9 Å². The number of amides is 1. The highest BCUT2D eigenvalue weighted by molar-refractivity contribution is 6.37. The van der Waals surface area contributed by atoms with E-state index in [0.29, 0.717) is 0 Å². The maximum Gasteiger partial charge on any atom is 0.353 e. The van der Waals surface area contributed by atoms with Gasteiger partial charge in [0.05, 0.1) is 17.2 Å². The number of nitrogens with one attached hydrogen (secondary N) is 2. The first-order chi connectivity index (χ1) is 9.92. The number of methoxy groups -OCH3 is 1. The average Bonchev–Trinajstić information content (AvgIpc) is 2.87. The third-order valence-corrected chi connectivity index (χ3v) is 3.08. The average molecular weight is 330 g/mol. The van der Waals surface area contributed by atoms with Crippen molar-refractivity contribution in [2.45, 2.75) is 0 Å². The summed E-state index contributed by atoms with van der Waals surface area (Å²) in [6.07, 6.45) is 0. The van der Waals surface area contributed by atoms with E-state index in [2.05, 4.69) is 15.5 Å². The lowest BCUT2D eigenvalue weighted by molar-refractivity contribution is 0.0690. The first kappa shape index (κ1) is 15.1. The Bertz CT molecular complexity index is 691. The molecule has 7 nitrogen and oxygen atoms in total. The van der Waals surface area contributed by atoms with E-state index in [4.69, 9.17) is 33.0 Å². The van der Waals surface area contributed by atoms with Gasteiger partial charge in [-0.3, -0.25) is 9.89 Å². The first-order valence-corrected chi connectivity index (χ1v) is 6.31. The summed E-state index contributed by atoms with van der Waals surface area (Å²) in [7, 11) is 1.41. The van der Waals surface area contributed by atoms with Crippen molar-refractivity contribution in [2.75, 3.05) is 12.4 Å². The molecule has 0 atom stereocenters. The number of halogens is 2. The Kier molecular flexibility index (Phi) is 4.35. The van der Waals surface area contributed by atoms with Gasteiger partial charge in [0.15, 0.2) is 11.6 Å². The van der Waals surface area contributed by atoms with Crippen molar-refractivity contribution >= 4 is 40.9 Å². The number of carboxylic acid groups (broad SMARTS) is 1. The molecule has 0 fully saturated rings. The fraction of sp³-hybridized carbons (Fsp3) is 0.0833. The van der Waals surface area contributed by atoms with Crippen LogP contribution in [0.25, 0.3) is 0 Å². The number of carboxylic acids is 1. The van der Waals surface area contributed by atoms with Crippen LogP contribution in [0.1, 0.15) is 20.8 Å². The zero-order chi connectivity index (χ0) is 15.6. The molecule has 0 aliphatic heterocycles. The van der Waals surface area contributed by atoms with Gasteiger partial charge in [0, 0.05) is 11.6 Å². The number of nitrogens with zero attached hydrogens (tertiary/aromatic N) is 1. The van der Waals surface area contributed by atoms with Crippen LogP contribution >= 0.6 is 23.2 Å². The summed E-state index contributed by atoms with van der Waals surface area (Å²) in [4.78, 5) is 22.7. The minimum atomic E-state index is -1.18. The number of benzene rings is 1. The van der Waals surface area contributed by atoms with Gasteiger partial charge in [-0.1, -0.05) is 23.2 Å². The molecule has 110 valence electrons. The van der Waals surface area contributed by atoms with Gasteiger partial charge in [0.25, 0.3) is 5.91 Å². The Balaban J connectivity index is 2.22. The standard InChI is InChI=1S/C12H9Cl2N3O4/c1-21-10-6(13)2-5(3-7(10)14)11(18)15-9-4-8(12(19)20)16-17-9/h2-4H,1H3,(H,19,20)(H2,15,16,17,18). The van der Waals surface area contributed by atoms with Crippen molar-refractivity contribution in [1.29, 1.82) is 0 Å². The second-order valence-corrected chi connectivity index (χ2v) is 4.71. The van der Waals surface area contributed by atoms with Crippen LogP contribution < -0.4 is 10.1 Å². The van der Waals surface area contributed by atoms with E-state index in [1.165, 1.54) is 25.3 Å². The van der Waals surface area contributed by atoms with E-state index in [0.717, 1.165) is 0 Å². The molecule has 0 unspecified atom stereocenters. The van der Waals surface area contributed by atoms with Crippen molar-refractivity contribution in [1.82, 2.24) is 10.2 Å². The van der Waals surface area contributed by atoms with Gasteiger partial charge in [-0.25, -0.2) is 4.79 Å². The molecule has 1 amide bonds. The summed E-state index contributed by atoms with van der Waals surface area (Å²) in [6.45, 7) is 0. The van der Waals surface area contributed by atoms with Crippen molar-refractivity contribution in [3.8, 4) is 5.75 Å². The van der Waals surface area contributed by atoms with Crippen molar-refractivity contribution in [3.05, 3.63) is 39.5 Å². The van der Waals surface area contributed by atoms with Gasteiger partial charge in [-0.15, -0.1) is 0 Å². The molecule has 0 saturated carbocycles. The number of aromatic carboxylic acids is 1. The van der Waals surface area contributed by atoms with Crippen LogP contribution in [-0.4, -0.2) is 34.3 Å². The van der Waals surface area contributed by atoms with E-state index in [9.17, 15) is 9.59 Å². The monoisotopic (exact) mass is 329 g/mol. The zero-order valence-corrected chi connectivity index (χ0v) is 12.1. The zero-order valence-electron chi connectivity index (χ0n) is 10.6. The number of hydrogen-bond acceptors (Lipinski definition) is 4. The molecule has 0 saturated heterocycles. The highest BCUT2D eigenvalue weighted by atomic mass is 35.5. The van der Waals surface area contributed by atoms with Crippen molar-refractivity contribution in [2.24, 2.45) is 0 Å². The third kappa shape index (κ3) is 3.26. The minimum absolute atomic E-state index is 0.0699. The Hall–Kier alpha value is -2.25. The molecule has 2 aromatic rings. The van der Waals surface area contributed by atoms with Crippen LogP contribution in [0.15, 0.2) is 18.2 Å². The minimum Gasteiger partial charge on any atom is -0.494 e. The number of carbonyl (C=O) groups is 2. The second kappa shape index (κ2) is 6.02. The molecule has 0 aliphatic carbocycles. The number of aromatic amines is 1. The highest BCUT2D eigenvalue weighted by Gasteiger charge is 2.15. The molecule has 1 aromatic carbocycles. The van der Waals surface area contributed by atoms with Gasteiger partial charge >= 0.3 is 5.97 Å². The largest absolute Gasteiger partial charge is 0.494 e. The summed E-state index contributed by atoms with van der Waals surface area (Å²) < 4.78 is 4.98. The highest BCUT2D eigenvalue weighted by Crippen LogP contribution is 2.33. The molecule has 0 bridgehead atoms. The Morgan fingerprint density at radius 3 is 2.38 bits per heavy atom. The normalized spacial score (nSPS) is 10.2. The predicted molar refractivity (Wildman–Crippen MR) is 76.5 cm³/mol. The van der Waals surface area contributed by atoms with Gasteiger partial charge in [0.1, 0.15) is 5.69 Å². The SMILES string of the molecule is COc1c(Cl)cc(C(=O)Nc2cc(C(=O)O)[nH]n2)cc1Cl. The van der Waals surface area contributed by atoms with Gasteiger partial charge in [0.2, 0.25) is 0 Å². The third-order valence-electron chi connectivity index (χ3n) is 2.51. The number of hydrogen-bond donors (Lipinski definition) is 3. The van der Waals surface area contributed by atoms with Gasteiger partial charge in [-0.05, 0) is 12.1 Å². The molecule has 9 heteroatoms. The molecule has 3 N–H and O–H groups in total. The summed E-state index contributed by atoms with van der Waals surface area (Å²) >= 11 is 11.9. The molecule has 21 heavy (non-hydrogen) atoms. The number of H-pyrrole nitrogens is 1. The topological polar surface area (TPSA) is 104 Å². The Morgan fingerprint density at radius 2 is 1.90 bits per heavy atom. The predicted octanol–water partition coefficient (Wildman–Crippen LogP) is 2.68. The number of rotatable bonds is 4. The lowest BCUT2D eigenvalue weighted by atomic mass is 10.2. The maximum atomic E-state index is 12.0.